The van der Waals surface area contributed by atoms with Crippen molar-refractivity contribution in [3.05, 3.63) is 54.2 Å². The molecule has 1 atom stereocenters. The summed E-state index contributed by atoms with van der Waals surface area (Å²) in [4.78, 5) is 21.9. The zero-order valence-electron chi connectivity index (χ0n) is 14.4. The third-order valence-electron chi connectivity index (χ3n) is 3.59. The summed E-state index contributed by atoms with van der Waals surface area (Å²) in [6.45, 7) is 1.35. The van der Waals surface area contributed by atoms with Crippen molar-refractivity contribution in [3.8, 4) is 0 Å². The van der Waals surface area contributed by atoms with E-state index < -0.39 is 0 Å². The first-order valence-corrected chi connectivity index (χ1v) is 7.99. The number of nitrogens with one attached hydrogen (secondary N) is 3. The van der Waals surface area contributed by atoms with Gasteiger partial charge in [0.15, 0.2) is 0 Å². The number of carbonyl (C=O) groups excluding carboxylic acids is 1. The van der Waals surface area contributed by atoms with Crippen LogP contribution in [0.25, 0.3) is 0 Å². The summed E-state index contributed by atoms with van der Waals surface area (Å²) in [5.41, 5.74) is 0.814. The number of halogens is 1. The van der Waals surface area contributed by atoms with Crippen molar-refractivity contribution >= 4 is 11.8 Å². The van der Waals surface area contributed by atoms with Crippen molar-refractivity contribution in [2.24, 2.45) is 0 Å². The molecule has 2 rings (SSSR count). The maximum absolute atomic E-state index is 13.4. The van der Waals surface area contributed by atoms with Crippen LogP contribution in [0.1, 0.15) is 11.6 Å². The molecular formula is C17H23FN6O. The number of benzene rings is 1. The fourth-order valence-electron chi connectivity index (χ4n) is 2.32. The van der Waals surface area contributed by atoms with E-state index in [9.17, 15) is 9.18 Å². The summed E-state index contributed by atoms with van der Waals surface area (Å²) >= 11 is 0. The van der Waals surface area contributed by atoms with Gasteiger partial charge in [-0.1, -0.05) is 12.1 Å². The number of amides is 2. The minimum Gasteiger partial charge on any atom is -0.367 e. The predicted octanol–water partition coefficient (Wildman–Crippen LogP) is 1.63. The molecule has 0 aliphatic carbocycles. The number of hydrogen-bond acceptors (Lipinski definition) is 5. The summed E-state index contributed by atoms with van der Waals surface area (Å²) in [6.07, 6.45) is 4.80. The van der Waals surface area contributed by atoms with Crippen molar-refractivity contribution in [1.29, 1.82) is 0 Å². The lowest BCUT2D eigenvalue weighted by atomic mass is 10.1. The van der Waals surface area contributed by atoms with Crippen molar-refractivity contribution in [3.63, 3.8) is 0 Å². The second kappa shape index (κ2) is 9.53. The van der Waals surface area contributed by atoms with Crippen LogP contribution < -0.4 is 16.0 Å². The van der Waals surface area contributed by atoms with Crippen molar-refractivity contribution in [2.75, 3.05) is 39.0 Å². The zero-order chi connectivity index (χ0) is 18.1. The Morgan fingerprint density at radius 2 is 2.08 bits per heavy atom. The first kappa shape index (κ1) is 18.6. The van der Waals surface area contributed by atoms with Crippen molar-refractivity contribution in [1.82, 2.24) is 25.5 Å². The maximum atomic E-state index is 13.4. The molecule has 2 aromatic rings. The zero-order valence-corrected chi connectivity index (χ0v) is 14.4. The van der Waals surface area contributed by atoms with Crippen LogP contribution in [-0.4, -0.2) is 54.6 Å². The summed E-state index contributed by atoms with van der Waals surface area (Å²) in [5.74, 6) is 0.368. The molecule has 0 radical (unpaired) electrons. The van der Waals surface area contributed by atoms with E-state index in [0.717, 1.165) is 5.56 Å². The largest absolute Gasteiger partial charge is 0.367 e. The van der Waals surface area contributed by atoms with Gasteiger partial charge in [0.25, 0.3) is 0 Å². The highest BCUT2D eigenvalue weighted by Crippen LogP contribution is 2.18. The maximum Gasteiger partial charge on any atom is 0.314 e. The van der Waals surface area contributed by atoms with E-state index in [2.05, 4.69) is 25.9 Å². The fourth-order valence-corrected chi connectivity index (χ4v) is 2.32. The van der Waals surface area contributed by atoms with Gasteiger partial charge in [0.1, 0.15) is 11.6 Å². The molecule has 0 saturated carbocycles. The van der Waals surface area contributed by atoms with Crippen molar-refractivity contribution < 1.29 is 9.18 Å². The highest BCUT2D eigenvalue weighted by molar-refractivity contribution is 5.73. The van der Waals surface area contributed by atoms with E-state index in [0.29, 0.717) is 25.5 Å². The van der Waals surface area contributed by atoms with Crippen LogP contribution in [0.15, 0.2) is 42.9 Å². The Hall–Kier alpha value is -2.74. The number of anilines is 1. The summed E-state index contributed by atoms with van der Waals surface area (Å²) in [6, 6.07) is 6.01. The second-order valence-corrected chi connectivity index (χ2v) is 5.69. The van der Waals surface area contributed by atoms with Gasteiger partial charge in [0.05, 0.1) is 12.2 Å². The van der Waals surface area contributed by atoms with Crippen LogP contribution in [0.4, 0.5) is 15.0 Å². The molecule has 0 aliphatic heterocycles. The average molecular weight is 346 g/mol. The minimum atomic E-state index is -0.288. The molecule has 2 amide bonds. The molecule has 134 valence electrons. The Labute approximate surface area is 146 Å². The lowest BCUT2D eigenvalue weighted by molar-refractivity contribution is 0.233. The van der Waals surface area contributed by atoms with E-state index in [1.54, 1.807) is 24.7 Å². The first-order valence-electron chi connectivity index (χ1n) is 7.99. The molecule has 1 aromatic carbocycles. The topological polar surface area (TPSA) is 82.2 Å². The van der Waals surface area contributed by atoms with Crippen LogP contribution in [0.2, 0.25) is 0 Å². The van der Waals surface area contributed by atoms with Gasteiger partial charge in [-0.2, -0.15) is 0 Å². The number of rotatable bonds is 8. The van der Waals surface area contributed by atoms with E-state index in [1.165, 1.54) is 12.1 Å². The molecular weight excluding hydrogens is 323 g/mol. The third kappa shape index (κ3) is 6.34. The lowest BCUT2D eigenvalue weighted by Crippen LogP contribution is -2.42. The second-order valence-electron chi connectivity index (χ2n) is 5.69. The lowest BCUT2D eigenvalue weighted by Gasteiger charge is -2.25. The monoisotopic (exact) mass is 346 g/mol. The minimum absolute atomic E-state index is 0.112. The fraction of sp³-hybridized carbons (Fsp3) is 0.353. The van der Waals surface area contributed by atoms with E-state index in [1.807, 2.05) is 25.1 Å². The molecule has 0 fully saturated rings. The molecule has 0 spiro atoms. The summed E-state index contributed by atoms with van der Waals surface area (Å²) in [5, 5.41) is 8.62. The molecule has 1 aromatic heterocycles. The Morgan fingerprint density at radius 1 is 1.24 bits per heavy atom. The standard InChI is InChI=1S/C17H23FN6O/c1-24(2)15(13-4-3-5-14(18)10-13)11-23-17(25)22-9-8-21-16-12-19-6-7-20-16/h3-7,10,12,15H,8-9,11H2,1-2H3,(H,20,21)(H2,22,23,25). The predicted molar refractivity (Wildman–Crippen MR) is 94.8 cm³/mol. The number of aromatic nitrogens is 2. The summed E-state index contributed by atoms with van der Waals surface area (Å²) < 4.78 is 13.4. The van der Waals surface area contributed by atoms with E-state index in [-0.39, 0.29) is 17.9 Å². The third-order valence-corrected chi connectivity index (χ3v) is 3.59. The highest BCUT2D eigenvalue weighted by atomic mass is 19.1. The first-order chi connectivity index (χ1) is 12.1. The average Bonchev–Trinajstić information content (AvgIpc) is 2.59. The molecule has 7 nitrogen and oxygen atoms in total. The Kier molecular flexibility index (Phi) is 7.09. The molecule has 25 heavy (non-hydrogen) atoms. The van der Waals surface area contributed by atoms with Crippen LogP contribution in [0.3, 0.4) is 0 Å². The number of carbonyl (C=O) groups is 1. The molecule has 1 unspecified atom stereocenters. The Morgan fingerprint density at radius 3 is 2.76 bits per heavy atom. The van der Waals surface area contributed by atoms with Gasteiger partial charge in [0, 0.05) is 32.0 Å². The Balaban J connectivity index is 1.73. The number of urea groups is 1. The normalized spacial score (nSPS) is 11.8. The van der Waals surface area contributed by atoms with Gasteiger partial charge in [-0.15, -0.1) is 0 Å². The SMILES string of the molecule is CN(C)C(CNC(=O)NCCNc1cnccn1)c1cccc(F)c1. The van der Waals surface area contributed by atoms with Crippen LogP contribution in [0.5, 0.6) is 0 Å². The van der Waals surface area contributed by atoms with Gasteiger partial charge >= 0.3 is 6.03 Å². The van der Waals surface area contributed by atoms with Gasteiger partial charge in [-0.05, 0) is 31.8 Å². The van der Waals surface area contributed by atoms with Gasteiger partial charge in [-0.25, -0.2) is 14.2 Å². The highest BCUT2D eigenvalue weighted by Gasteiger charge is 2.15. The van der Waals surface area contributed by atoms with E-state index >= 15 is 0 Å². The van der Waals surface area contributed by atoms with Crippen LogP contribution >= 0.6 is 0 Å². The summed E-state index contributed by atoms with van der Waals surface area (Å²) in [7, 11) is 3.78. The van der Waals surface area contributed by atoms with Gasteiger partial charge in [-0.3, -0.25) is 4.98 Å². The van der Waals surface area contributed by atoms with Crippen LogP contribution in [-0.2, 0) is 0 Å². The molecule has 0 saturated heterocycles. The Bertz CT molecular complexity index is 667. The number of hydrogen-bond donors (Lipinski definition) is 3. The van der Waals surface area contributed by atoms with Crippen molar-refractivity contribution in [2.45, 2.75) is 6.04 Å². The quantitative estimate of drug-likeness (QED) is 0.633. The smallest absolute Gasteiger partial charge is 0.314 e. The number of likely N-dealkylation sites (N-methyl/N-ethyl adjacent to an activating group) is 1. The molecule has 3 N–H and O–H groups in total. The number of nitrogens with zero attached hydrogens (tertiary/aromatic N) is 3. The molecule has 0 aliphatic rings. The molecule has 1 heterocycles. The molecule has 0 bridgehead atoms. The van der Waals surface area contributed by atoms with Gasteiger partial charge in [0.2, 0.25) is 0 Å². The van der Waals surface area contributed by atoms with Gasteiger partial charge < -0.3 is 20.9 Å². The van der Waals surface area contributed by atoms with Crippen LogP contribution in [0, 0.1) is 5.82 Å². The molecule has 8 heteroatoms. The van der Waals surface area contributed by atoms with E-state index in [4.69, 9.17) is 0 Å².